The highest BCUT2D eigenvalue weighted by Gasteiger charge is 2.14. The lowest BCUT2D eigenvalue weighted by atomic mass is 10.1. The fourth-order valence-corrected chi connectivity index (χ4v) is 2.73. The maximum atomic E-state index is 3.43. The molecule has 15 heavy (non-hydrogen) atoms. The predicted octanol–water partition coefficient (Wildman–Crippen LogP) is 2.60. The molecule has 0 aromatic heterocycles. The summed E-state index contributed by atoms with van der Waals surface area (Å²) >= 11 is 0. The summed E-state index contributed by atoms with van der Waals surface area (Å²) in [7, 11) is 1.08. The van der Waals surface area contributed by atoms with Crippen LogP contribution in [0.25, 0.3) is 0 Å². The quantitative estimate of drug-likeness (QED) is 0.708. The predicted molar refractivity (Wildman–Crippen MR) is 73.3 cm³/mol. The van der Waals surface area contributed by atoms with E-state index in [2.05, 4.69) is 23.8 Å². The summed E-state index contributed by atoms with van der Waals surface area (Å²) < 4.78 is 0. The Bertz CT molecular complexity index is 125. The summed E-state index contributed by atoms with van der Waals surface area (Å²) in [6.07, 6.45) is 4.09. The van der Waals surface area contributed by atoms with E-state index in [0.717, 1.165) is 14.5 Å². The van der Waals surface area contributed by atoms with E-state index in [-0.39, 0.29) is 0 Å². The molecule has 1 heterocycles. The number of hydrogen-bond donors (Lipinski definition) is 1. The summed E-state index contributed by atoms with van der Waals surface area (Å²) in [6.45, 7) is 13.6. The van der Waals surface area contributed by atoms with E-state index in [9.17, 15) is 0 Å². The van der Waals surface area contributed by atoms with Gasteiger partial charge in [-0.05, 0) is 51.6 Å². The molecule has 1 aliphatic rings. The normalized spacial score (nSPS) is 21.0. The van der Waals surface area contributed by atoms with Crippen molar-refractivity contribution >= 4 is 8.58 Å². The van der Waals surface area contributed by atoms with Crippen LogP contribution >= 0.6 is 8.58 Å². The Morgan fingerprint density at radius 1 is 1.40 bits per heavy atom. The van der Waals surface area contributed by atoms with E-state index in [0.29, 0.717) is 0 Å². The van der Waals surface area contributed by atoms with Crippen LogP contribution in [0.4, 0.5) is 0 Å². The zero-order chi connectivity index (χ0) is 11.5. The molecule has 0 amide bonds. The average Bonchev–Trinajstić information content (AvgIpc) is 2.80. The molecule has 2 atom stereocenters. The molecule has 1 rings (SSSR count). The van der Waals surface area contributed by atoms with Crippen molar-refractivity contribution in [3.63, 3.8) is 0 Å². The van der Waals surface area contributed by atoms with Crippen molar-refractivity contribution in [2.45, 2.75) is 33.6 Å². The summed E-state index contributed by atoms with van der Waals surface area (Å²) in [6, 6.07) is 0. The minimum absolute atomic E-state index is 0.953. The van der Waals surface area contributed by atoms with Crippen LogP contribution < -0.4 is 5.32 Å². The van der Waals surface area contributed by atoms with E-state index in [1.807, 2.05) is 13.8 Å². The molecule has 1 saturated heterocycles. The molecule has 0 aromatic carbocycles. The van der Waals surface area contributed by atoms with Gasteiger partial charge in [0, 0.05) is 6.29 Å². The third kappa shape index (κ3) is 7.27. The van der Waals surface area contributed by atoms with Crippen molar-refractivity contribution in [1.29, 1.82) is 0 Å². The van der Waals surface area contributed by atoms with Crippen molar-refractivity contribution in [2.75, 3.05) is 39.1 Å². The molecule has 0 saturated carbocycles. The lowest BCUT2D eigenvalue weighted by molar-refractivity contribution is 0.307. The van der Waals surface area contributed by atoms with Crippen LogP contribution in [0.3, 0.4) is 0 Å². The van der Waals surface area contributed by atoms with Crippen LogP contribution in [0.5, 0.6) is 0 Å². The van der Waals surface area contributed by atoms with E-state index in [4.69, 9.17) is 0 Å². The topological polar surface area (TPSA) is 15.3 Å². The van der Waals surface area contributed by atoms with Gasteiger partial charge in [-0.3, -0.25) is 4.90 Å². The van der Waals surface area contributed by atoms with Crippen molar-refractivity contribution in [1.82, 2.24) is 10.2 Å². The molecule has 0 bridgehead atoms. The second-order valence-corrected chi connectivity index (χ2v) is 4.89. The Balaban J connectivity index is 0.000000921. The number of nitrogens with zero attached hydrogens (tertiary/aromatic N) is 1. The van der Waals surface area contributed by atoms with E-state index in [1.165, 1.54) is 45.3 Å². The van der Waals surface area contributed by atoms with E-state index < -0.39 is 0 Å². The summed E-state index contributed by atoms with van der Waals surface area (Å²) in [5, 5.41) is 3.43. The maximum absolute atomic E-state index is 3.43. The van der Waals surface area contributed by atoms with Gasteiger partial charge in [-0.2, -0.15) is 0 Å². The molecule has 0 radical (unpaired) electrons. The van der Waals surface area contributed by atoms with Gasteiger partial charge in [0.15, 0.2) is 0 Å². The fourth-order valence-electron chi connectivity index (χ4n) is 1.90. The molecule has 0 aliphatic carbocycles. The smallest absolute Gasteiger partial charge is 0.0152 e. The van der Waals surface area contributed by atoms with Gasteiger partial charge in [0.25, 0.3) is 0 Å². The Morgan fingerprint density at radius 2 is 2.13 bits per heavy atom. The first-order chi connectivity index (χ1) is 7.36. The molecule has 1 fully saturated rings. The zero-order valence-electron chi connectivity index (χ0n) is 11.0. The largest absolute Gasteiger partial charge is 0.316 e. The summed E-state index contributed by atoms with van der Waals surface area (Å²) in [5.41, 5.74) is 0. The van der Waals surface area contributed by atoms with Crippen LogP contribution in [0.15, 0.2) is 0 Å². The highest BCUT2D eigenvalue weighted by molar-refractivity contribution is 7.36. The van der Waals surface area contributed by atoms with Gasteiger partial charge in [0.1, 0.15) is 0 Å². The van der Waals surface area contributed by atoms with Crippen LogP contribution in [-0.4, -0.2) is 44.0 Å². The monoisotopic (exact) mass is 232 g/mol. The van der Waals surface area contributed by atoms with Crippen LogP contribution in [0, 0.1) is 5.92 Å². The van der Waals surface area contributed by atoms with Gasteiger partial charge in [-0.1, -0.05) is 20.8 Å². The fraction of sp³-hybridized carbons (Fsp3) is 1.00. The first kappa shape index (κ1) is 15.3. The molecule has 2 unspecified atom stereocenters. The van der Waals surface area contributed by atoms with Crippen LogP contribution in [-0.2, 0) is 0 Å². The second kappa shape index (κ2) is 10.9. The maximum Gasteiger partial charge on any atom is 0.0152 e. The van der Waals surface area contributed by atoms with Gasteiger partial charge in [0.05, 0.1) is 0 Å². The molecule has 1 N–H and O–H groups in total. The SMILES string of the molecule is CC.CCN(CCC1CCNC1)CPC. The Hall–Kier alpha value is 0.350. The molecule has 3 heteroatoms. The third-order valence-corrected chi connectivity index (χ3v) is 3.61. The van der Waals surface area contributed by atoms with Crippen molar-refractivity contribution in [2.24, 2.45) is 5.92 Å². The number of rotatable bonds is 6. The summed E-state index contributed by atoms with van der Waals surface area (Å²) in [5.74, 6) is 0.953. The van der Waals surface area contributed by atoms with Crippen molar-refractivity contribution in [3.8, 4) is 0 Å². The first-order valence-corrected chi connectivity index (χ1v) is 8.15. The number of nitrogens with one attached hydrogen (secondary N) is 1. The van der Waals surface area contributed by atoms with Gasteiger partial charge < -0.3 is 5.32 Å². The molecular formula is C12H29N2P. The molecule has 92 valence electrons. The Kier molecular flexibility index (Phi) is 11.1. The van der Waals surface area contributed by atoms with E-state index >= 15 is 0 Å². The third-order valence-electron chi connectivity index (χ3n) is 2.84. The average molecular weight is 232 g/mol. The minimum Gasteiger partial charge on any atom is -0.316 e. The van der Waals surface area contributed by atoms with Crippen molar-refractivity contribution < 1.29 is 0 Å². The summed E-state index contributed by atoms with van der Waals surface area (Å²) in [4.78, 5) is 2.58. The van der Waals surface area contributed by atoms with Crippen molar-refractivity contribution in [3.05, 3.63) is 0 Å². The van der Waals surface area contributed by atoms with Gasteiger partial charge in [-0.25, -0.2) is 0 Å². The van der Waals surface area contributed by atoms with Gasteiger partial charge in [0.2, 0.25) is 0 Å². The molecular weight excluding hydrogens is 203 g/mol. The molecule has 1 aliphatic heterocycles. The first-order valence-electron chi connectivity index (χ1n) is 6.44. The Morgan fingerprint density at radius 3 is 2.60 bits per heavy atom. The minimum atomic E-state index is 0.953. The molecule has 0 spiro atoms. The lowest BCUT2D eigenvalue weighted by Crippen LogP contribution is -2.25. The Labute approximate surface area is 98.0 Å². The highest BCUT2D eigenvalue weighted by Crippen LogP contribution is 2.14. The van der Waals surface area contributed by atoms with Crippen LogP contribution in [0.1, 0.15) is 33.6 Å². The molecule has 2 nitrogen and oxygen atoms in total. The van der Waals surface area contributed by atoms with Gasteiger partial charge >= 0.3 is 0 Å². The van der Waals surface area contributed by atoms with Gasteiger partial charge in [-0.15, -0.1) is 8.58 Å². The van der Waals surface area contributed by atoms with E-state index in [1.54, 1.807) is 0 Å². The lowest BCUT2D eigenvalue weighted by Gasteiger charge is -2.20. The molecule has 0 aromatic rings. The van der Waals surface area contributed by atoms with Crippen LogP contribution in [0.2, 0.25) is 0 Å². The zero-order valence-corrected chi connectivity index (χ0v) is 12.0. The standard InChI is InChI=1S/C10H23N2P.C2H6/c1-3-12(9-13-2)7-5-10-4-6-11-8-10;1-2/h10-11,13H,3-9H2,1-2H3;1-2H3. The second-order valence-electron chi connectivity index (χ2n) is 3.87. The highest BCUT2D eigenvalue weighted by atomic mass is 31.1. The number of hydrogen-bond acceptors (Lipinski definition) is 2.